The maximum Gasteiger partial charge on any atom is 0.171 e. The Morgan fingerprint density at radius 1 is 1.05 bits per heavy atom. The third kappa shape index (κ3) is 3.81. The van der Waals surface area contributed by atoms with Crippen molar-refractivity contribution < 1.29 is 0 Å². The van der Waals surface area contributed by atoms with Gasteiger partial charge < -0.3 is 10.6 Å². The number of hydrogen-bond donors (Lipinski definition) is 2. The maximum absolute atomic E-state index is 5.38. The van der Waals surface area contributed by atoms with E-state index >= 15 is 0 Å². The van der Waals surface area contributed by atoms with E-state index in [0.29, 0.717) is 5.11 Å². The van der Waals surface area contributed by atoms with Gasteiger partial charge in [0.15, 0.2) is 5.11 Å². The summed E-state index contributed by atoms with van der Waals surface area (Å²) in [7, 11) is 0. The molecule has 0 fully saturated rings. The van der Waals surface area contributed by atoms with Crippen molar-refractivity contribution in [3.05, 3.63) is 65.2 Å². The Morgan fingerprint density at radius 3 is 2.40 bits per heavy atom. The molecule has 1 atom stereocenters. The summed E-state index contributed by atoms with van der Waals surface area (Å²) < 4.78 is 0. The standard InChI is InChI=1S/C17H20N2S/c1-12-9-10-16(13(2)11-12)19-17(20)18-14(3)15-7-5-4-6-8-15/h4-11,14H,1-3H3,(H2,18,19,20)/t14-/m0/s1. The molecule has 2 N–H and O–H groups in total. The van der Waals surface area contributed by atoms with Gasteiger partial charge in [-0.15, -0.1) is 0 Å². The summed E-state index contributed by atoms with van der Waals surface area (Å²) in [6.07, 6.45) is 0. The molecule has 0 aromatic heterocycles. The fraction of sp³-hybridized carbons (Fsp3) is 0.235. The minimum atomic E-state index is 0.182. The molecule has 2 aromatic carbocycles. The van der Waals surface area contributed by atoms with E-state index in [1.165, 1.54) is 16.7 Å². The first-order valence-electron chi connectivity index (χ1n) is 6.76. The lowest BCUT2D eigenvalue weighted by molar-refractivity contribution is 0.722. The number of anilines is 1. The second-order valence-corrected chi connectivity index (χ2v) is 5.46. The van der Waals surface area contributed by atoms with Crippen LogP contribution in [0, 0.1) is 13.8 Å². The van der Waals surface area contributed by atoms with E-state index < -0.39 is 0 Å². The van der Waals surface area contributed by atoms with Crippen molar-refractivity contribution in [1.82, 2.24) is 5.32 Å². The Bertz CT molecular complexity index is 593. The van der Waals surface area contributed by atoms with Crippen molar-refractivity contribution >= 4 is 23.0 Å². The highest BCUT2D eigenvalue weighted by Gasteiger charge is 2.07. The van der Waals surface area contributed by atoms with Crippen molar-refractivity contribution in [2.45, 2.75) is 26.8 Å². The van der Waals surface area contributed by atoms with Crippen LogP contribution in [-0.2, 0) is 0 Å². The Balaban J connectivity index is 1.99. The van der Waals surface area contributed by atoms with E-state index in [4.69, 9.17) is 12.2 Å². The highest BCUT2D eigenvalue weighted by Crippen LogP contribution is 2.17. The van der Waals surface area contributed by atoms with E-state index in [0.717, 1.165) is 5.69 Å². The van der Waals surface area contributed by atoms with Crippen LogP contribution in [0.3, 0.4) is 0 Å². The van der Waals surface area contributed by atoms with Gasteiger partial charge in [0.2, 0.25) is 0 Å². The van der Waals surface area contributed by atoms with Crippen molar-refractivity contribution in [3.63, 3.8) is 0 Å². The Hall–Kier alpha value is -1.87. The molecular formula is C17H20N2S. The number of benzene rings is 2. The van der Waals surface area contributed by atoms with Crippen LogP contribution < -0.4 is 10.6 Å². The van der Waals surface area contributed by atoms with Gasteiger partial charge in [-0.05, 0) is 50.2 Å². The molecule has 0 bridgehead atoms. The van der Waals surface area contributed by atoms with E-state index in [2.05, 4.69) is 61.7 Å². The van der Waals surface area contributed by atoms with E-state index in [1.807, 2.05) is 18.2 Å². The number of nitrogens with one attached hydrogen (secondary N) is 2. The van der Waals surface area contributed by atoms with Crippen LogP contribution in [-0.4, -0.2) is 5.11 Å². The molecule has 2 aromatic rings. The van der Waals surface area contributed by atoms with E-state index in [1.54, 1.807) is 0 Å². The molecule has 2 nitrogen and oxygen atoms in total. The highest BCUT2D eigenvalue weighted by atomic mass is 32.1. The molecular weight excluding hydrogens is 264 g/mol. The molecule has 0 aliphatic rings. The molecule has 3 heteroatoms. The zero-order valence-corrected chi connectivity index (χ0v) is 12.9. The third-order valence-electron chi connectivity index (χ3n) is 3.28. The van der Waals surface area contributed by atoms with Gasteiger partial charge in [0.1, 0.15) is 0 Å². The smallest absolute Gasteiger partial charge is 0.171 e. The molecule has 0 spiro atoms. The number of aryl methyl sites for hydroxylation is 2. The lowest BCUT2D eigenvalue weighted by Crippen LogP contribution is -2.31. The molecule has 0 radical (unpaired) electrons. The molecule has 104 valence electrons. The Morgan fingerprint density at radius 2 is 1.75 bits per heavy atom. The summed E-state index contributed by atoms with van der Waals surface area (Å²) in [5.74, 6) is 0. The van der Waals surface area contributed by atoms with Crippen molar-refractivity contribution in [1.29, 1.82) is 0 Å². The molecule has 0 aliphatic heterocycles. The summed E-state index contributed by atoms with van der Waals surface area (Å²) in [6, 6.07) is 16.7. The van der Waals surface area contributed by atoms with Crippen molar-refractivity contribution in [2.75, 3.05) is 5.32 Å². The van der Waals surface area contributed by atoms with Crippen LogP contribution in [0.2, 0.25) is 0 Å². The van der Waals surface area contributed by atoms with Gasteiger partial charge in [-0.25, -0.2) is 0 Å². The van der Waals surface area contributed by atoms with Crippen LogP contribution in [0.5, 0.6) is 0 Å². The normalized spacial score (nSPS) is 11.8. The van der Waals surface area contributed by atoms with Crippen LogP contribution in [0.1, 0.15) is 29.7 Å². The molecule has 0 aliphatic carbocycles. The summed E-state index contributed by atoms with van der Waals surface area (Å²) in [5, 5.41) is 7.21. The number of rotatable bonds is 3. The third-order valence-corrected chi connectivity index (χ3v) is 3.50. The zero-order chi connectivity index (χ0) is 14.5. The van der Waals surface area contributed by atoms with Gasteiger partial charge in [-0.3, -0.25) is 0 Å². The summed E-state index contributed by atoms with van der Waals surface area (Å²) in [5.41, 5.74) is 4.72. The van der Waals surface area contributed by atoms with Crippen LogP contribution in [0.15, 0.2) is 48.5 Å². The second kappa shape index (κ2) is 6.53. The fourth-order valence-corrected chi connectivity index (χ4v) is 2.42. The first-order valence-corrected chi connectivity index (χ1v) is 7.17. The van der Waals surface area contributed by atoms with Gasteiger partial charge in [0.25, 0.3) is 0 Å². The lowest BCUT2D eigenvalue weighted by atomic mass is 10.1. The number of hydrogen-bond acceptors (Lipinski definition) is 1. The monoisotopic (exact) mass is 284 g/mol. The molecule has 20 heavy (non-hydrogen) atoms. The van der Waals surface area contributed by atoms with Gasteiger partial charge >= 0.3 is 0 Å². The molecule has 0 unspecified atom stereocenters. The molecule has 0 heterocycles. The Labute approximate surface area is 126 Å². The summed E-state index contributed by atoms with van der Waals surface area (Å²) >= 11 is 5.38. The quantitative estimate of drug-likeness (QED) is 0.819. The zero-order valence-electron chi connectivity index (χ0n) is 12.1. The molecule has 2 rings (SSSR count). The molecule has 0 amide bonds. The molecule has 0 saturated heterocycles. The van der Waals surface area contributed by atoms with Gasteiger partial charge in [-0.1, -0.05) is 48.0 Å². The maximum atomic E-state index is 5.38. The SMILES string of the molecule is Cc1ccc(NC(=S)N[C@@H](C)c2ccccc2)c(C)c1. The summed E-state index contributed by atoms with van der Waals surface area (Å²) in [4.78, 5) is 0. The van der Waals surface area contributed by atoms with Crippen LogP contribution in [0.25, 0.3) is 0 Å². The van der Waals surface area contributed by atoms with Gasteiger partial charge in [0.05, 0.1) is 6.04 Å². The number of thiocarbonyl (C=S) groups is 1. The first-order chi connectivity index (χ1) is 9.56. The van der Waals surface area contributed by atoms with E-state index in [-0.39, 0.29) is 6.04 Å². The average molecular weight is 284 g/mol. The lowest BCUT2D eigenvalue weighted by Gasteiger charge is -2.18. The minimum Gasteiger partial charge on any atom is -0.356 e. The van der Waals surface area contributed by atoms with E-state index in [9.17, 15) is 0 Å². The Kier molecular flexibility index (Phi) is 4.74. The predicted molar refractivity (Wildman–Crippen MR) is 90.1 cm³/mol. The predicted octanol–water partition coefficient (Wildman–Crippen LogP) is 4.35. The van der Waals surface area contributed by atoms with Crippen LogP contribution >= 0.6 is 12.2 Å². The molecule has 0 saturated carbocycles. The fourth-order valence-electron chi connectivity index (χ4n) is 2.13. The van der Waals surface area contributed by atoms with Crippen molar-refractivity contribution in [2.24, 2.45) is 0 Å². The minimum absolute atomic E-state index is 0.182. The summed E-state index contributed by atoms with van der Waals surface area (Å²) in [6.45, 7) is 6.27. The topological polar surface area (TPSA) is 24.1 Å². The van der Waals surface area contributed by atoms with Gasteiger partial charge in [-0.2, -0.15) is 0 Å². The average Bonchev–Trinajstić information content (AvgIpc) is 2.43. The second-order valence-electron chi connectivity index (χ2n) is 5.05. The van der Waals surface area contributed by atoms with Crippen LogP contribution in [0.4, 0.5) is 5.69 Å². The van der Waals surface area contributed by atoms with Gasteiger partial charge in [0, 0.05) is 5.69 Å². The van der Waals surface area contributed by atoms with Crippen molar-refractivity contribution in [3.8, 4) is 0 Å². The largest absolute Gasteiger partial charge is 0.356 e. The first kappa shape index (κ1) is 14.5. The highest BCUT2D eigenvalue weighted by molar-refractivity contribution is 7.80.